The van der Waals surface area contributed by atoms with Crippen molar-refractivity contribution in [1.29, 1.82) is 0 Å². The van der Waals surface area contributed by atoms with Crippen molar-refractivity contribution in [1.82, 2.24) is 0 Å². The third kappa shape index (κ3) is 1.90. The molecule has 0 spiro atoms. The molecule has 0 saturated carbocycles. The summed E-state index contributed by atoms with van der Waals surface area (Å²) in [6.07, 6.45) is 0. The SMILES string of the molecule is [2H]c1c(C(=O)O)ccc(OC)c1OC. The molecule has 70 valence electrons. The Morgan fingerprint density at radius 1 is 1.38 bits per heavy atom. The number of hydrogen-bond acceptors (Lipinski definition) is 3. The Kier molecular flexibility index (Phi) is 2.31. The van der Waals surface area contributed by atoms with E-state index in [1.54, 1.807) is 0 Å². The maximum atomic E-state index is 10.7. The highest BCUT2D eigenvalue weighted by atomic mass is 16.5. The van der Waals surface area contributed by atoms with Crippen LogP contribution in [0.25, 0.3) is 0 Å². The molecule has 0 radical (unpaired) electrons. The monoisotopic (exact) mass is 183 g/mol. The first-order valence-corrected chi connectivity index (χ1v) is 3.56. The molecule has 1 N–H and O–H groups in total. The summed E-state index contributed by atoms with van der Waals surface area (Å²) in [7, 11) is 2.79. The molecule has 0 atom stereocenters. The van der Waals surface area contributed by atoms with Crippen LogP contribution in [0.2, 0.25) is 0 Å². The molecule has 0 heterocycles. The molecule has 0 aromatic heterocycles. The van der Waals surface area contributed by atoms with Crippen LogP contribution < -0.4 is 9.47 Å². The van der Waals surface area contributed by atoms with Gasteiger partial charge in [-0.05, 0) is 18.2 Å². The fourth-order valence-corrected chi connectivity index (χ4v) is 0.897. The Morgan fingerprint density at radius 2 is 2.00 bits per heavy atom. The van der Waals surface area contributed by atoms with Gasteiger partial charge in [0.25, 0.3) is 0 Å². The normalized spacial score (nSPS) is 10.5. The summed E-state index contributed by atoms with van der Waals surface area (Å²) < 4.78 is 17.3. The zero-order chi connectivity index (χ0) is 10.7. The van der Waals surface area contributed by atoms with Gasteiger partial charge in [0.15, 0.2) is 11.5 Å². The number of methoxy groups -OCH3 is 2. The van der Waals surface area contributed by atoms with Crippen molar-refractivity contribution in [2.45, 2.75) is 0 Å². The van der Waals surface area contributed by atoms with E-state index in [1.807, 2.05) is 0 Å². The van der Waals surface area contributed by atoms with Crippen LogP contribution in [0.4, 0.5) is 0 Å². The van der Waals surface area contributed by atoms with E-state index in [0.717, 1.165) is 0 Å². The van der Waals surface area contributed by atoms with Crippen molar-refractivity contribution >= 4 is 5.97 Å². The average molecular weight is 183 g/mol. The number of benzene rings is 1. The molecule has 1 aromatic rings. The molecule has 0 saturated heterocycles. The van der Waals surface area contributed by atoms with Crippen LogP contribution in [0.3, 0.4) is 0 Å². The summed E-state index contributed by atoms with van der Waals surface area (Å²) in [4.78, 5) is 10.7. The fourth-order valence-electron chi connectivity index (χ4n) is 0.897. The van der Waals surface area contributed by atoms with Gasteiger partial charge < -0.3 is 14.6 Å². The van der Waals surface area contributed by atoms with Gasteiger partial charge in [-0.15, -0.1) is 0 Å². The van der Waals surface area contributed by atoms with Gasteiger partial charge in [-0.3, -0.25) is 0 Å². The zero-order valence-corrected chi connectivity index (χ0v) is 7.33. The second kappa shape index (κ2) is 3.80. The van der Waals surface area contributed by atoms with E-state index in [1.165, 1.54) is 26.4 Å². The summed E-state index contributed by atoms with van der Waals surface area (Å²) in [5.74, 6) is -0.675. The number of carboxylic acid groups (broad SMARTS) is 1. The number of carboxylic acids is 1. The predicted molar refractivity (Wildman–Crippen MR) is 46.5 cm³/mol. The minimum Gasteiger partial charge on any atom is -0.493 e. The molecule has 0 bridgehead atoms. The molecule has 0 amide bonds. The number of ether oxygens (including phenoxy) is 2. The molecular weight excluding hydrogens is 172 g/mol. The minimum absolute atomic E-state index is 0.109. The highest BCUT2D eigenvalue weighted by Gasteiger charge is 2.08. The molecule has 0 unspecified atom stereocenters. The minimum atomic E-state index is -1.16. The standard InChI is InChI=1S/C9H10O4/c1-12-7-4-3-6(9(10)11)5-8(7)13-2/h3-5H,1-2H3,(H,10,11)/i5D. The zero-order valence-electron chi connectivity index (χ0n) is 8.33. The van der Waals surface area contributed by atoms with Gasteiger partial charge in [-0.2, -0.15) is 0 Å². The Hall–Kier alpha value is -1.71. The Labute approximate surface area is 77.1 Å². The molecule has 0 aliphatic heterocycles. The number of hydrogen-bond donors (Lipinski definition) is 1. The van der Waals surface area contributed by atoms with Crippen molar-refractivity contribution in [2.24, 2.45) is 0 Å². The van der Waals surface area contributed by atoms with Crippen LogP contribution in [-0.4, -0.2) is 25.3 Å². The van der Waals surface area contributed by atoms with Crippen molar-refractivity contribution in [3.63, 3.8) is 0 Å². The molecule has 4 nitrogen and oxygen atoms in total. The maximum absolute atomic E-state index is 10.7. The van der Waals surface area contributed by atoms with Gasteiger partial charge in [0.2, 0.25) is 0 Å². The molecule has 1 rings (SSSR count). The smallest absolute Gasteiger partial charge is 0.335 e. The van der Waals surface area contributed by atoms with E-state index in [0.29, 0.717) is 5.75 Å². The van der Waals surface area contributed by atoms with Crippen molar-refractivity contribution in [3.05, 3.63) is 23.7 Å². The predicted octanol–water partition coefficient (Wildman–Crippen LogP) is 1.40. The van der Waals surface area contributed by atoms with E-state index in [9.17, 15) is 4.79 Å². The first kappa shape index (κ1) is 7.91. The van der Waals surface area contributed by atoms with Gasteiger partial charge in [0.1, 0.15) is 0 Å². The summed E-state index contributed by atoms with van der Waals surface area (Å²) in [6.45, 7) is 0. The van der Waals surface area contributed by atoms with Crippen LogP contribution in [0.5, 0.6) is 11.5 Å². The molecule has 0 aliphatic rings. The molecule has 0 aliphatic carbocycles. The van der Waals surface area contributed by atoms with Gasteiger partial charge in [0, 0.05) is 0 Å². The lowest BCUT2D eigenvalue weighted by Crippen LogP contribution is -1.98. The van der Waals surface area contributed by atoms with Gasteiger partial charge in [0.05, 0.1) is 21.2 Å². The topological polar surface area (TPSA) is 55.8 Å². The van der Waals surface area contributed by atoms with E-state index in [-0.39, 0.29) is 17.4 Å². The fraction of sp³-hybridized carbons (Fsp3) is 0.222. The quantitative estimate of drug-likeness (QED) is 0.769. The molecule has 4 heteroatoms. The van der Waals surface area contributed by atoms with Gasteiger partial charge in [-0.1, -0.05) is 0 Å². The highest BCUT2D eigenvalue weighted by molar-refractivity contribution is 5.88. The third-order valence-corrected chi connectivity index (χ3v) is 1.53. The lowest BCUT2D eigenvalue weighted by atomic mass is 10.2. The van der Waals surface area contributed by atoms with Crippen LogP contribution in [0, 0.1) is 0 Å². The second-order valence-electron chi connectivity index (χ2n) is 2.28. The van der Waals surface area contributed by atoms with E-state index >= 15 is 0 Å². The van der Waals surface area contributed by atoms with E-state index in [4.69, 9.17) is 16.0 Å². The Morgan fingerprint density at radius 3 is 2.46 bits per heavy atom. The van der Waals surface area contributed by atoms with Crippen molar-refractivity contribution in [3.8, 4) is 11.5 Å². The summed E-state index contributed by atoms with van der Waals surface area (Å²) in [6, 6.07) is 2.59. The van der Waals surface area contributed by atoms with Gasteiger partial charge in [-0.25, -0.2) is 4.79 Å². The van der Waals surface area contributed by atoms with Crippen LogP contribution in [0.1, 0.15) is 11.7 Å². The lowest BCUT2D eigenvalue weighted by molar-refractivity contribution is 0.0696. The molecule has 1 aromatic carbocycles. The van der Waals surface area contributed by atoms with Crippen LogP contribution in [0.15, 0.2) is 18.2 Å². The van der Waals surface area contributed by atoms with Crippen molar-refractivity contribution in [2.75, 3.05) is 14.2 Å². The number of rotatable bonds is 3. The number of aromatic carboxylic acids is 1. The molecule has 13 heavy (non-hydrogen) atoms. The molecule has 0 fully saturated rings. The summed E-state index contributed by atoms with van der Waals surface area (Å²) >= 11 is 0. The van der Waals surface area contributed by atoms with Crippen LogP contribution in [-0.2, 0) is 0 Å². The largest absolute Gasteiger partial charge is 0.493 e. The van der Waals surface area contributed by atoms with Crippen molar-refractivity contribution < 1.29 is 20.7 Å². The average Bonchev–Trinajstić information content (AvgIpc) is 2.16. The van der Waals surface area contributed by atoms with E-state index in [2.05, 4.69) is 0 Å². The molecular formula is C9H10O4. The Bertz CT molecular complexity index is 362. The second-order valence-corrected chi connectivity index (χ2v) is 2.28. The highest BCUT2D eigenvalue weighted by Crippen LogP contribution is 2.27. The lowest BCUT2D eigenvalue weighted by Gasteiger charge is -2.07. The first-order valence-electron chi connectivity index (χ1n) is 4.06. The maximum Gasteiger partial charge on any atom is 0.335 e. The Balaban J connectivity index is 3.34. The van der Waals surface area contributed by atoms with Gasteiger partial charge >= 0.3 is 5.97 Å². The summed E-state index contributed by atoms with van der Waals surface area (Å²) in [5, 5.41) is 8.73. The first-order chi connectivity index (χ1) is 6.61. The van der Waals surface area contributed by atoms with E-state index < -0.39 is 5.97 Å². The van der Waals surface area contributed by atoms with Crippen LogP contribution >= 0.6 is 0 Å². The summed E-state index contributed by atoms with van der Waals surface area (Å²) in [5.41, 5.74) is -0.109. The number of carbonyl (C=O) groups is 1. The third-order valence-electron chi connectivity index (χ3n) is 1.53.